The van der Waals surface area contributed by atoms with Gasteiger partial charge in [0.2, 0.25) is 0 Å². The normalized spacial score (nSPS) is 14.0. The number of ether oxygens (including phenoxy) is 2. The fraction of sp³-hybridized carbons (Fsp3) is 0.710. The molecule has 0 aromatic rings. The van der Waals surface area contributed by atoms with Crippen LogP contribution >= 0.6 is 7.82 Å². The molecule has 1 N–H and O–H groups in total. The fourth-order valence-electron chi connectivity index (χ4n) is 7.68. The highest BCUT2D eigenvalue weighted by Crippen LogP contribution is 2.43. The topological polar surface area (TPSA) is 108 Å². The molecule has 0 aromatic carbocycles. The van der Waals surface area contributed by atoms with E-state index in [2.05, 4.69) is 111 Å². The van der Waals surface area contributed by atoms with E-state index in [0.717, 1.165) is 89.9 Å². The highest BCUT2D eigenvalue weighted by molar-refractivity contribution is 7.47. The van der Waals surface area contributed by atoms with Gasteiger partial charge >= 0.3 is 19.8 Å². The van der Waals surface area contributed by atoms with E-state index in [1.807, 2.05) is 21.1 Å². The van der Waals surface area contributed by atoms with Gasteiger partial charge < -0.3 is 18.9 Å². The van der Waals surface area contributed by atoms with Crippen molar-refractivity contribution >= 4 is 19.8 Å². The first-order valence-corrected chi connectivity index (χ1v) is 30.5. The van der Waals surface area contributed by atoms with Gasteiger partial charge in [0.05, 0.1) is 27.7 Å². The van der Waals surface area contributed by atoms with Crippen molar-refractivity contribution < 1.29 is 42.1 Å². The largest absolute Gasteiger partial charge is 0.472 e. The Kier molecular flexibility index (Phi) is 50.5. The van der Waals surface area contributed by atoms with Crippen LogP contribution in [-0.2, 0) is 32.7 Å². The van der Waals surface area contributed by atoms with Gasteiger partial charge in [-0.25, -0.2) is 4.57 Å². The number of quaternary nitrogens is 1. The van der Waals surface area contributed by atoms with E-state index in [1.54, 1.807) is 0 Å². The van der Waals surface area contributed by atoms with Crippen LogP contribution in [0.2, 0.25) is 0 Å². The van der Waals surface area contributed by atoms with Crippen LogP contribution in [0.25, 0.3) is 0 Å². The molecule has 0 saturated heterocycles. The minimum absolute atomic E-state index is 0.0293. The summed E-state index contributed by atoms with van der Waals surface area (Å²) in [5.74, 6) is -0.800. The van der Waals surface area contributed by atoms with E-state index >= 15 is 0 Å². The number of phosphoric ester groups is 1. The summed E-state index contributed by atoms with van der Waals surface area (Å²) in [6, 6.07) is 0. The van der Waals surface area contributed by atoms with Crippen molar-refractivity contribution in [1.82, 2.24) is 0 Å². The van der Waals surface area contributed by atoms with Crippen LogP contribution in [-0.4, -0.2) is 74.9 Å². The molecule has 9 nitrogen and oxygen atoms in total. The third-order valence-corrected chi connectivity index (χ3v) is 13.1. The summed E-state index contributed by atoms with van der Waals surface area (Å²) in [5, 5.41) is 0. The summed E-state index contributed by atoms with van der Waals surface area (Å²) in [4.78, 5) is 35.5. The lowest BCUT2D eigenvalue weighted by Crippen LogP contribution is -2.37. The van der Waals surface area contributed by atoms with Crippen molar-refractivity contribution in [2.45, 2.75) is 238 Å². The third-order valence-electron chi connectivity index (χ3n) is 12.1. The van der Waals surface area contributed by atoms with Crippen LogP contribution in [0, 0.1) is 0 Å². The molecule has 2 unspecified atom stereocenters. The minimum Gasteiger partial charge on any atom is -0.462 e. The summed E-state index contributed by atoms with van der Waals surface area (Å²) >= 11 is 0. The average molecular weight is 1030 g/mol. The second-order valence-electron chi connectivity index (χ2n) is 20.3. The first-order valence-electron chi connectivity index (χ1n) is 29.0. The molecule has 0 spiro atoms. The number of carbonyl (C=O) groups is 2. The summed E-state index contributed by atoms with van der Waals surface area (Å²) in [6.07, 6.45) is 72.0. The molecule has 0 heterocycles. The first-order chi connectivity index (χ1) is 35.0. The van der Waals surface area contributed by atoms with Crippen molar-refractivity contribution in [3.05, 3.63) is 97.2 Å². The summed E-state index contributed by atoms with van der Waals surface area (Å²) in [5.41, 5.74) is 0. The Morgan fingerprint density at radius 2 is 0.792 bits per heavy atom. The zero-order valence-corrected chi connectivity index (χ0v) is 47.8. The predicted octanol–water partition coefficient (Wildman–Crippen LogP) is 18.0. The molecule has 0 saturated carbocycles. The number of likely N-dealkylation sites (N-methyl/N-ethyl adjacent to an activating group) is 1. The predicted molar refractivity (Wildman–Crippen MR) is 307 cm³/mol. The van der Waals surface area contributed by atoms with Gasteiger partial charge in [-0.1, -0.05) is 239 Å². The summed E-state index contributed by atoms with van der Waals surface area (Å²) in [7, 11) is 1.47. The zero-order chi connectivity index (χ0) is 52.7. The molecular weight excluding hydrogens is 918 g/mol. The highest BCUT2D eigenvalue weighted by atomic mass is 31.2. The maximum atomic E-state index is 12.8. The molecule has 0 rings (SSSR count). The molecule has 0 radical (unpaired) electrons. The first kappa shape index (κ1) is 68.9. The number of carbonyl (C=O) groups excluding carboxylic acids is 2. The number of phosphoric acid groups is 1. The van der Waals surface area contributed by atoms with Crippen LogP contribution in [0.1, 0.15) is 232 Å². The molecule has 0 aliphatic heterocycles. The smallest absolute Gasteiger partial charge is 0.462 e. The quantitative estimate of drug-likeness (QED) is 0.0211. The molecule has 2 atom stereocenters. The molecule has 10 heteroatoms. The number of nitrogens with zero attached hydrogens (tertiary/aromatic N) is 1. The van der Waals surface area contributed by atoms with Gasteiger partial charge in [-0.3, -0.25) is 18.6 Å². The van der Waals surface area contributed by atoms with E-state index < -0.39 is 26.5 Å². The van der Waals surface area contributed by atoms with Crippen molar-refractivity contribution in [2.75, 3.05) is 47.5 Å². The second kappa shape index (κ2) is 52.8. The van der Waals surface area contributed by atoms with Crippen LogP contribution in [0.3, 0.4) is 0 Å². The van der Waals surface area contributed by atoms with Gasteiger partial charge in [0.15, 0.2) is 6.10 Å². The van der Waals surface area contributed by atoms with E-state index in [4.69, 9.17) is 18.5 Å². The van der Waals surface area contributed by atoms with Crippen molar-refractivity contribution in [2.24, 2.45) is 0 Å². The molecule has 0 fully saturated rings. The Hall–Kier alpha value is -3.07. The summed E-state index contributed by atoms with van der Waals surface area (Å²) in [6.45, 7) is 4.30. The maximum Gasteiger partial charge on any atom is 0.472 e. The molecule has 72 heavy (non-hydrogen) atoms. The number of allylic oxidation sites excluding steroid dienone is 16. The van der Waals surface area contributed by atoms with E-state index in [1.165, 1.54) is 109 Å². The lowest BCUT2D eigenvalue weighted by molar-refractivity contribution is -0.870. The molecule has 0 aromatic heterocycles. The SMILES string of the molecule is CC/C=C\C/C=C\C/C=C\C/C=C\C/C=C\C/C=C\C/C=C\C/C=C\CCCCCCCCCCCCCCC(=O)OC(COC(=O)CCCCCCCCCCCCC)COP(=O)(O)OCC[N+](C)(C)C. The maximum absolute atomic E-state index is 12.8. The molecule has 0 aliphatic rings. The van der Waals surface area contributed by atoms with Crippen molar-refractivity contribution in [3.63, 3.8) is 0 Å². The number of rotatable bonds is 52. The Bertz CT molecular complexity index is 1540. The van der Waals surface area contributed by atoms with E-state index in [0.29, 0.717) is 17.4 Å². The molecule has 0 amide bonds. The number of hydrogen-bond donors (Lipinski definition) is 1. The second-order valence-corrected chi connectivity index (χ2v) is 21.8. The summed E-state index contributed by atoms with van der Waals surface area (Å²) < 4.78 is 34.5. The monoisotopic (exact) mass is 1030 g/mol. The number of hydrogen-bond acceptors (Lipinski definition) is 7. The Morgan fingerprint density at radius 3 is 1.18 bits per heavy atom. The fourth-order valence-corrected chi connectivity index (χ4v) is 8.42. The Morgan fingerprint density at radius 1 is 0.444 bits per heavy atom. The van der Waals surface area contributed by atoms with Gasteiger partial charge in [-0.15, -0.1) is 0 Å². The van der Waals surface area contributed by atoms with Crippen LogP contribution in [0.5, 0.6) is 0 Å². The molecule has 0 aliphatic carbocycles. The third kappa shape index (κ3) is 56.2. The van der Waals surface area contributed by atoms with Gasteiger partial charge in [0.1, 0.15) is 19.8 Å². The van der Waals surface area contributed by atoms with Gasteiger partial charge in [0, 0.05) is 12.8 Å². The van der Waals surface area contributed by atoms with E-state index in [9.17, 15) is 19.0 Å². The van der Waals surface area contributed by atoms with Crippen molar-refractivity contribution in [1.29, 1.82) is 0 Å². The number of esters is 2. The van der Waals surface area contributed by atoms with Gasteiger partial charge in [-0.2, -0.15) is 0 Å². The Balaban J connectivity index is 4.04. The lowest BCUT2D eigenvalue weighted by atomic mass is 10.0. The molecule has 414 valence electrons. The molecule has 0 bridgehead atoms. The van der Waals surface area contributed by atoms with Gasteiger partial charge in [0.25, 0.3) is 0 Å². The van der Waals surface area contributed by atoms with Crippen LogP contribution in [0.15, 0.2) is 97.2 Å². The minimum atomic E-state index is -4.38. The lowest BCUT2D eigenvalue weighted by Gasteiger charge is -2.24. The van der Waals surface area contributed by atoms with Crippen molar-refractivity contribution in [3.8, 4) is 0 Å². The van der Waals surface area contributed by atoms with Gasteiger partial charge in [-0.05, 0) is 77.0 Å². The standard InChI is InChI=1S/C62H108NO8P/c1-6-8-10-12-14-16-18-19-20-21-22-23-24-25-26-27-28-29-30-31-32-33-34-35-36-37-38-39-40-41-42-43-45-47-49-51-53-55-62(65)71-60(59-70-72(66,67)69-57-56-63(3,4)5)58-68-61(64)54-52-50-48-46-44-17-15-13-11-9-7-2/h8,10,14,16,19-20,22-23,25-26,28-29,31-32,34-35,60H,6-7,9,11-13,15,17-18,21,24,27,30,33,36-59H2,1-5H3/p+1/b10-8-,16-14-,20-19-,23-22-,26-25-,29-28-,32-31-,35-34-. The van der Waals surface area contributed by atoms with E-state index in [-0.39, 0.29) is 32.0 Å². The average Bonchev–Trinajstić information content (AvgIpc) is 3.34. The highest BCUT2D eigenvalue weighted by Gasteiger charge is 2.27. The van der Waals surface area contributed by atoms with Crippen LogP contribution in [0.4, 0.5) is 0 Å². The molecular formula is C62H109NO8P+. The Labute approximate surface area is 443 Å². The zero-order valence-electron chi connectivity index (χ0n) is 46.9. The number of unbranched alkanes of at least 4 members (excludes halogenated alkanes) is 22. The van der Waals surface area contributed by atoms with Crippen LogP contribution < -0.4 is 0 Å².